The van der Waals surface area contributed by atoms with E-state index in [1.807, 2.05) is 0 Å². The highest BCUT2D eigenvalue weighted by atomic mass is 16.6. The summed E-state index contributed by atoms with van der Waals surface area (Å²) in [7, 11) is 0. The summed E-state index contributed by atoms with van der Waals surface area (Å²) in [5, 5.41) is 8.98. The normalized spacial score (nSPS) is 31.4. The van der Waals surface area contributed by atoms with Gasteiger partial charge in [-0.2, -0.15) is 0 Å². The molecule has 8 nitrogen and oxygen atoms in total. The Hall–Kier alpha value is -3.00. The van der Waals surface area contributed by atoms with Crippen molar-refractivity contribution in [1.29, 1.82) is 0 Å². The van der Waals surface area contributed by atoms with Crippen LogP contribution >= 0.6 is 0 Å². The Bertz CT molecular complexity index is 859. The molecule has 1 aromatic rings. The second-order valence-electron chi connectivity index (χ2n) is 6.54. The van der Waals surface area contributed by atoms with Crippen molar-refractivity contribution in [3.8, 4) is 0 Å². The lowest BCUT2D eigenvalue weighted by molar-refractivity contribution is -0.150. The molecule has 3 aliphatic heterocycles. The molecule has 1 N–H and O–H groups in total. The van der Waals surface area contributed by atoms with Crippen LogP contribution in [0.4, 0.5) is 5.69 Å². The molecule has 0 spiro atoms. The summed E-state index contributed by atoms with van der Waals surface area (Å²) in [5.41, 5.74) is -0.769. The number of fused-ring (bicyclic) bond motifs is 5. The first-order valence-electron chi connectivity index (χ1n) is 8.06. The summed E-state index contributed by atoms with van der Waals surface area (Å²) in [6, 6.07) is 5.53. The van der Waals surface area contributed by atoms with Crippen LogP contribution in [0, 0.1) is 11.8 Å². The summed E-state index contributed by atoms with van der Waals surface area (Å²) >= 11 is 0. The minimum Gasteiger partial charge on any atom is -0.478 e. The third kappa shape index (κ3) is 2.19. The number of amides is 2. The lowest BCUT2D eigenvalue weighted by atomic mass is 9.77. The van der Waals surface area contributed by atoms with E-state index in [0.717, 1.165) is 4.90 Å². The van der Waals surface area contributed by atoms with Crippen molar-refractivity contribution < 1.29 is 33.8 Å². The van der Waals surface area contributed by atoms with Gasteiger partial charge in [0.2, 0.25) is 11.8 Å². The summed E-state index contributed by atoms with van der Waals surface area (Å²) in [5.74, 6) is -3.89. The molecule has 0 saturated carbocycles. The average Bonchev–Trinajstić information content (AvgIpc) is 3.24. The number of ether oxygens (including phenoxy) is 2. The number of carboxylic acids is 1. The highest BCUT2D eigenvalue weighted by Gasteiger charge is 2.68. The molecule has 3 heterocycles. The highest BCUT2D eigenvalue weighted by molar-refractivity contribution is 6.23. The average molecular weight is 357 g/mol. The van der Waals surface area contributed by atoms with Crippen molar-refractivity contribution in [2.24, 2.45) is 11.8 Å². The second-order valence-corrected chi connectivity index (χ2v) is 6.54. The molecule has 0 unspecified atom stereocenters. The summed E-state index contributed by atoms with van der Waals surface area (Å²) in [6.45, 7) is 1.12. The largest absolute Gasteiger partial charge is 0.478 e. The zero-order valence-corrected chi connectivity index (χ0v) is 13.7. The maximum Gasteiger partial charge on any atom is 0.335 e. The van der Waals surface area contributed by atoms with Crippen molar-refractivity contribution in [2.75, 3.05) is 11.5 Å². The van der Waals surface area contributed by atoms with Crippen LogP contribution in [0.2, 0.25) is 0 Å². The molecule has 0 aromatic heterocycles. The van der Waals surface area contributed by atoms with Crippen molar-refractivity contribution in [3.05, 3.63) is 42.0 Å². The Morgan fingerprint density at radius 2 is 1.92 bits per heavy atom. The van der Waals surface area contributed by atoms with E-state index in [9.17, 15) is 19.2 Å². The number of carboxylic acid groups (broad SMARTS) is 1. The molecule has 2 fully saturated rings. The second kappa shape index (κ2) is 5.50. The molecule has 8 heteroatoms. The van der Waals surface area contributed by atoms with Crippen molar-refractivity contribution in [3.63, 3.8) is 0 Å². The molecule has 26 heavy (non-hydrogen) atoms. The Labute approximate surface area is 148 Å². The van der Waals surface area contributed by atoms with E-state index in [1.54, 1.807) is 12.2 Å². The Kier molecular flexibility index (Phi) is 3.48. The number of esters is 1. The number of carbonyl (C=O) groups is 4. The smallest absolute Gasteiger partial charge is 0.335 e. The number of benzene rings is 1. The number of anilines is 1. The van der Waals surface area contributed by atoms with E-state index in [1.165, 1.54) is 31.2 Å². The molecule has 134 valence electrons. The number of nitrogens with zero attached hydrogens (tertiary/aromatic N) is 1. The predicted molar refractivity (Wildman–Crippen MR) is 86.3 cm³/mol. The van der Waals surface area contributed by atoms with Gasteiger partial charge in [-0.3, -0.25) is 14.4 Å². The van der Waals surface area contributed by atoms with Gasteiger partial charge in [0.25, 0.3) is 0 Å². The molecule has 4 atom stereocenters. The zero-order valence-electron chi connectivity index (χ0n) is 13.7. The lowest BCUT2D eigenvalue weighted by Gasteiger charge is -2.28. The topological polar surface area (TPSA) is 110 Å². The van der Waals surface area contributed by atoms with E-state index in [0.29, 0.717) is 5.69 Å². The van der Waals surface area contributed by atoms with Crippen molar-refractivity contribution >= 4 is 29.4 Å². The first-order valence-corrected chi connectivity index (χ1v) is 8.06. The number of hydrogen-bond donors (Lipinski definition) is 1. The van der Waals surface area contributed by atoms with Crippen LogP contribution in [-0.2, 0) is 23.9 Å². The van der Waals surface area contributed by atoms with Crippen LogP contribution in [0.15, 0.2) is 36.4 Å². The highest BCUT2D eigenvalue weighted by Crippen LogP contribution is 2.52. The van der Waals surface area contributed by atoms with Crippen LogP contribution in [0.5, 0.6) is 0 Å². The Morgan fingerprint density at radius 3 is 2.54 bits per heavy atom. The predicted octanol–water partition coefficient (Wildman–Crippen LogP) is 0.761. The van der Waals surface area contributed by atoms with E-state index in [4.69, 9.17) is 14.6 Å². The van der Waals surface area contributed by atoms with Crippen LogP contribution in [0.1, 0.15) is 17.3 Å². The SMILES string of the molecule is CC(=O)OC[C@@]12C=C[C@@H](O1)[C@H]1C(=O)N(c3ccc(C(=O)O)cc3)C(=O)[C@@H]12. The molecule has 2 bridgehead atoms. The summed E-state index contributed by atoms with van der Waals surface area (Å²) in [6.07, 6.45) is 2.85. The number of carbonyl (C=O) groups excluding carboxylic acids is 3. The fourth-order valence-corrected chi connectivity index (χ4v) is 3.89. The fraction of sp³-hybridized carbons (Fsp3) is 0.333. The molecule has 4 rings (SSSR count). The van der Waals surface area contributed by atoms with Gasteiger partial charge in [-0.05, 0) is 30.3 Å². The maximum atomic E-state index is 13.0. The standard InChI is InChI=1S/C18H15NO7/c1-9(20)25-8-18-7-6-12(26-18)13-14(18)16(22)19(15(13)21)11-4-2-10(3-5-11)17(23)24/h2-7,12-14H,8H2,1H3,(H,23,24)/t12-,13-,14-,18-/m1/s1. The zero-order chi connectivity index (χ0) is 18.6. The van der Waals surface area contributed by atoms with Crippen LogP contribution in [0.3, 0.4) is 0 Å². The molecular formula is C18H15NO7. The minimum absolute atomic E-state index is 0.0597. The first-order chi connectivity index (χ1) is 12.3. The monoisotopic (exact) mass is 357 g/mol. The van der Waals surface area contributed by atoms with Gasteiger partial charge in [0, 0.05) is 6.92 Å². The van der Waals surface area contributed by atoms with Gasteiger partial charge in [-0.1, -0.05) is 6.08 Å². The number of hydrogen-bond acceptors (Lipinski definition) is 6. The Balaban J connectivity index is 1.66. The van der Waals surface area contributed by atoms with Crippen molar-refractivity contribution in [1.82, 2.24) is 0 Å². The van der Waals surface area contributed by atoms with Crippen LogP contribution in [-0.4, -0.2) is 47.2 Å². The van der Waals surface area contributed by atoms with Crippen molar-refractivity contribution in [2.45, 2.75) is 18.6 Å². The van der Waals surface area contributed by atoms with Gasteiger partial charge in [0.15, 0.2) is 0 Å². The molecule has 2 saturated heterocycles. The number of aromatic carboxylic acids is 1. The summed E-state index contributed by atoms with van der Waals surface area (Å²) in [4.78, 5) is 49.0. The molecule has 0 aliphatic carbocycles. The van der Waals surface area contributed by atoms with Gasteiger partial charge in [0.1, 0.15) is 12.2 Å². The molecule has 1 aromatic carbocycles. The third-order valence-corrected chi connectivity index (χ3v) is 5.03. The van der Waals surface area contributed by atoms with Crippen LogP contribution in [0.25, 0.3) is 0 Å². The number of imide groups is 1. The van der Waals surface area contributed by atoms with Crippen LogP contribution < -0.4 is 4.90 Å². The van der Waals surface area contributed by atoms with Gasteiger partial charge in [-0.25, -0.2) is 9.69 Å². The lowest BCUT2D eigenvalue weighted by Crippen LogP contribution is -2.44. The van der Waals surface area contributed by atoms with E-state index < -0.39 is 47.3 Å². The first kappa shape index (κ1) is 16.5. The van der Waals surface area contributed by atoms with Gasteiger partial charge in [-0.15, -0.1) is 0 Å². The molecule has 0 radical (unpaired) electrons. The fourth-order valence-electron chi connectivity index (χ4n) is 3.89. The minimum atomic E-state index is -1.14. The molecule has 3 aliphatic rings. The summed E-state index contributed by atoms with van der Waals surface area (Å²) < 4.78 is 10.9. The third-order valence-electron chi connectivity index (χ3n) is 5.03. The van der Waals surface area contributed by atoms with Gasteiger partial charge >= 0.3 is 11.9 Å². The number of rotatable bonds is 4. The van der Waals surface area contributed by atoms with Gasteiger partial charge < -0.3 is 14.6 Å². The maximum absolute atomic E-state index is 13.0. The van der Waals surface area contributed by atoms with E-state index >= 15 is 0 Å². The quantitative estimate of drug-likeness (QED) is 0.481. The molecular weight excluding hydrogens is 342 g/mol. The van der Waals surface area contributed by atoms with Gasteiger partial charge in [0.05, 0.1) is 29.2 Å². The van der Waals surface area contributed by atoms with E-state index in [2.05, 4.69) is 0 Å². The Morgan fingerprint density at radius 1 is 1.23 bits per heavy atom. The van der Waals surface area contributed by atoms with E-state index in [-0.39, 0.29) is 12.2 Å². The molecule has 2 amide bonds.